The van der Waals surface area contributed by atoms with E-state index in [0.29, 0.717) is 37.6 Å². The van der Waals surface area contributed by atoms with Gasteiger partial charge in [0.05, 0.1) is 5.75 Å². The number of rotatable bonds is 5. The Kier molecular flexibility index (Phi) is 5.84. The monoisotopic (exact) mass is 341 g/mol. The zero-order valence-corrected chi connectivity index (χ0v) is 14.3. The van der Waals surface area contributed by atoms with E-state index in [1.165, 1.54) is 4.31 Å². The van der Waals surface area contributed by atoms with Crippen molar-refractivity contribution in [2.45, 2.75) is 26.8 Å². The van der Waals surface area contributed by atoms with Crippen molar-refractivity contribution < 1.29 is 17.9 Å². The molecule has 128 valence electrons. The van der Waals surface area contributed by atoms with Crippen molar-refractivity contribution >= 4 is 21.7 Å². The van der Waals surface area contributed by atoms with Crippen molar-refractivity contribution in [3.05, 3.63) is 23.8 Å². The Hall–Kier alpha value is -1.80. The lowest BCUT2D eigenvalue weighted by molar-refractivity contribution is 0.252. The number of carbonyl (C=O) groups excluding carboxylic acids is 1. The summed E-state index contributed by atoms with van der Waals surface area (Å²) < 4.78 is 31.6. The van der Waals surface area contributed by atoms with E-state index in [1.807, 2.05) is 13.8 Å². The highest BCUT2D eigenvalue weighted by Crippen LogP contribution is 2.27. The Bertz CT molecular complexity index is 661. The van der Waals surface area contributed by atoms with E-state index >= 15 is 0 Å². The van der Waals surface area contributed by atoms with Gasteiger partial charge in [-0.15, -0.1) is 0 Å². The van der Waals surface area contributed by atoms with Gasteiger partial charge in [-0.1, -0.05) is 6.92 Å². The molecule has 2 rings (SSSR count). The number of hydrogen-bond donors (Lipinski definition) is 2. The number of urea groups is 1. The van der Waals surface area contributed by atoms with Crippen molar-refractivity contribution in [2.24, 2.45) is 0 Å². The number of nitrogens with zero attached hydrogens (tertiary/aromatic N) is 1. The summed E-state index contributed by atoms with van der Waals surface area (Å²) in [4.78, 5) is 11.6. The van der Waals surface area contributed by atoms with Gasteiger partial charge < -0.3 is 15.4 Å². The molecule has 1 heterocycles. The zero-order valence-electron chi connectivity index (χ0n) is 13.5. The van der Waals surface area contributed by atoms with Crippen molar-refractivity contribution in [1.82, 2.24) is 9.62 Å². The standard InChI is InChI=1S/C15H23N3O4S/c1-3-9-23(20,21)18-7-8-22-14-6-5-13(10-12(14)11-18)17-15(19)16-4-2/h5-6,10H,3-4,7-9,11H2,1-2H3,(H2,16,17,19). The first-order chi connectivity index (χ1) is 11.0. The lowest BCUT2D eigenvalue weighted by Gasteiger charge is -2.19. The van der Waals surface area contributed by atoms with Crippen LogP contribution in [0.15, 0.2) is 18.2 Å². The van der Waals surface area contributed by atoms with Gasteiger partial charge in [-0.05, 0) is 31.5 Å². The van der Waals surface area contributed by atoms with Crippen LogP contribution in [0.2, 0.25) is 0 Å². The number of benzene rings is 1. The van der Waals surface area contributed by atoms with Crippen LogP contribution in [0, 0.1) is 0 Å². The maximum Gasteiger partial charge on any atom is 0.319 e. The van der Waals surface area contributed by atoms with E-state index < -0.39 is 10.0 Å². The van der Waals surface area contributed by atoms with Gasteiger partial charge in [0.25, 0.3) is 0 Å². The summed E-state index contributed by atoms with van der Waals surface area (Å²) in [6.45, 7) is 5.11. The first-order valence-corrected chi connectivity index (χ1v) is 9.35. The molecule has 0 spiro atoms. The number of ether oxygens (including phenoxy) is 1. The smallest absolute Gasteiger partial charge is 0.319 e. The van der Waals surface area contributed by atoms with Crippen molar-refractivity contribution in [3.63, 3.8) is 0 Å². The summed E-state index contributed by atoms with van der Waals surface area (Å²) in [6, 6.07) is 4.96. The molecular formula is C15H23N3O4S. The average molecular weight is 341 g/mol. The second-order valence-electron chi connectivity index (χ2n) is 5.30. The molecule has 1 aliphatic rings. The summed E-state index contributed by atoms with van der Waals surface area (Å²) in [6.07, 6.45) is 0.575. The highest BCUT2D eigenvalue weighted by atomic mass is 32.2. The number of anilines is 1. The molecule has 0 aromatic heterocycles. The molecular weight excluding hydrogens is 318 g/mol. The van der Waals surface area contributed by atoms with E-state index in [0.717, 1.165) is 5.56 Å². The van der Waals surface area contributed by atoms with E-state index in [1.54, 1.807) is 18.2 Å². The fourth-order valence-electron chi connectivity index (χ4n) is 2.41. The van der Waals surface area contributed by atoms with Crippen molar-refractivity contribution in [1.29, 1.82) is 0 Å². The summed E-state index contributed by atoms with van der Waals surface area (Å²) in [5.41, 5.74) is 1.35. The van der Waals surface area contributed by atoms with Gasteiger partial charge in [-0.25, -0.2) is 13.2 Å². The number of amides is 2. The highest BCUT2D eigenvalue weighted by molar-refractivity contribution is 7.89. The van der Waals surface area contributed by atoms with E-state index in [4.69, 9.17) is 4.74 Å². The molecule has 1 aromatic carbocycles. The van der Waals surface area contributed by atoms with Crippen LogP contribution in [0.3, 0.4) is 0 Å². The van der Waals surface area contributed by atoms with Crippen LogP contribution in [0.4, 0.5) is 10.5 Å². The number of nitrogens with one attached hydrogen (secondary N) is 2. The van der Waals surface area contributed by atoms with Crippen LogP contribution >= 0.6 is 0 Å². The second kappa shape index (κ2) is 7.65. The Morgan fingerprint density at radius 2 is 2.13 bits per heavy atom. The molecule has 7 nitrogen and oxygen atoms in total. The molecule has 8 heteroatoms. The van der Waals surface area contributed by atoms with Gasteiger partial charge in [0.1, 0.15) is 12.4 Å². The van der Waals surface area contributed by atoms with E-state index in [9.17, 15) is 13.2 Å². The van der Waals surface area contributed by atoms with Crippen molar-refractivity contribution in [3.8, 4) is 5.75 Å². The van der Waals surface area contributed by atoms with Crippen LogP contribution in [-0.2, 0) is 16.6 Å². The number of fused-ring (bicyclic) bond motifs is 1. The van der Waals surface area contributed by atoms with Gasteiger partial charge in [0.2, 0.25) is 10.0 Å². The van der Waals surface area contributed by atoms with Gasteiger partial charge in [-0.3, -0.25) is 0 Å². The fraction of sp³-hybridized carbons (Fsp3) is 0.533. The molecule has 0 bridgehead atoms. The van der Waals surface area contributed by atoms with Crippen LogP contribution in [0.25, 0.3) is 0 Å². The molecule has 1 aliphatic heterocycles. The average Bonchev–Trinajstić information content (AvgIpc) is 2.69. The highest BCUT2D eigenvalue weighted by Gasteiger charge is 2.25. The van der Waals surface area contributed by atoms with Crippen LogP contribution in [-0.4, -0.2) is 44.2 Å². The predicted molar refractivity (Wildman–Crippen MR) is 89.1 cm³/mol. The minimum absolute atomic E-state index is 0.124. The van der Waals surface area contributed by atoms with Crippen molar-refractivity contribution in [2.75, 3.05) is 30.8 Å². The SMILES string of the molecule is CCCS(=O)(=O)N1CCOc2ccc(NC(=O)NCC)cc2C1. The van der Waals surface area contributed by atoms with Gasteiger partial charge >= 0.3 is 6.03 Å². The zero-order chi connectivity index (χ0) is 16.9. The Morgan fingerprint density at radius 3 is 2.83 bits per heavy atom. The first-order valence-electron chi connectivity index (χ1n) is 7.74. The maximum atomic E-state index is 12.3. The molecule has 1 aromatic rings. The molecule has 0 fully saturated rings. The molecule has 23 heavy (non-hydrogen) atoms. The molecule has 2 N–H and O–H groups in total. The Balaban J connectivity index is 2.20. The second-order valence-corrected chi connectivity index (χ2v) is 7.39. The maximum absolute atomic E-state index is 12.3. The summed E-state index contributed by atoms with van der Waals surface area (Å²) in [5, 5.41) is 5.37. The topological polar surface area (TPSA) is 87.7 Å². The third-order valence-corrected chi connectivity index (χ3v) is 5.48. The number of hydrogen-bond acceptors (Lipinski definition) is 4. The lowest BCUT2D eigenvalue weighted by atomic mass is 10.1. The van der Waals surface area contributed by atoms with Crippen LogP contribution in [0.5, 0.6) is 5.75 Å². The quantitative estimate of drug-likeness (QED) is 0.854. The molecule has 0 saturated carbocycles. The number of carbonyl (C=O) groups is 1. The minimum atomic E-state index is -3.29. The van der Waals surface area contributed by atoms with Gasteiger partial charge in [0.15, 0.2) is 0 Å². The van der Waals surface area contributed by atoms with E-state index in [2.05, 4.69) is 10.6 Å². The minimum Gasteiger partial charge on any atom is -0.492 e. The number of sulfonamides is 1. The molecule has 2 amide bonds. The fourth-order valence-corrected chi connectivity index (χ4v) is 3.87. The lowest BCUT2D eigenvalue weighted by Crippen LogP contribution is -2.34. The summed E-state index contributed by atoms with van der Waals surface area (Å²) in [7, 11) is -3.29. The Labute approximate surface area is 137 Å². The molecule has 0 radical (unpaired) electrons. The summed E-state index contributed by atoms with van der Waals surface area (Å²) >= 11 is 0. The third kappa shape index (κ3) is 4.59. The van der Waals surface area contributed by atoms with Crippen LogP contribution in [0.1, 0.15) is 25.8 Å². The third-order valence-electron chi connectivity index (χ3n) is 3.46. The first kappa shape index (κ1) is 17.6. The Morgan fingerprint density at radius 1 is 1.35 bits per heavy atom. The normalized spacial score (nSPS) is 15.2. The largest absolute Gasteiger partial charge is 0.492 e. The van der Waals surface area contributed by atoms with Gasteiger partial charge in [0, 0.05) is 30.9 Å². The molecule has 0 unspecified atom stereocenters. The predicted octanol–water partition coefficient (Wildman–Crippen LogP) is 1.76. The molecule has 0 saturated heterocycles. The van der Waals surface area contributed by atoms with Crippen LogP contribution < -0.4 is 15.4 Å². The molecule has 0 aliphatic carbocycles. The van der Waals surface area contributed by atoms with Gasteiger partial charge in [-0.2, -0.15) is 4.31 Å². The van der Waals surface area contributed by atoms with E-state index in [-0.39, 0.29) is 18.3 Å². The molecule has 0 atom stereocenters. The summed E-state index contributed by atoms with van der Waals surface area (Å²) in [5.74, 6) is 0.778.